The second kappa shape index (κ2) is 14.0. The highest BCUT2D eigenvalue weighted by Gasteiger charge is 2.34. The fourth-order valence-electron chi connectivity index (χ4n) is 5.33. The Labute approximate surface area is 248 Å². The second-order valence-electron chi connectivity index (χ2n) is 10.5. The molecule has 1 unspecified atom stereocenters. The van der Waals surface area contributed by atoms with Crippen molar-refractivity contribution in [3.63, 3.8) is 0 Å². The summed E-state index contributed by atoms with van der Waals surface area (Å²) in [5, 5.41) is 3.58. The maximum atomic E-state index is 14.2. The largest absolute Gasteiger partial charge is 0.352 e. The molecule has 0 radical (unpaired) electrons. The molecule has 1 atom stereocenters. The van der Waals surface area contributed by atoms with Crippen molar-refractivity contribution in [1.29, 1.82) is 0 Å². The number of hydrogen-bond acceptors (Lipinski definition) is 4. The van der Waals surface area contributed by atoms with Gasteiger partial charge in [0.15, 0.2) is 0 Å². The Bertz CT molecular complexity index is 1420. The van der Waals surface area contributed by atoms with Crippen LogP contribution in [0.5, 0.6) is 0 Å². The fourth-order valence-corrected chi connectivity index (χ4v) is 6.94. The SMILES string of the molecule is CCC(C(=O)NC1CCCCC1)N(Cc1ccccc1)C(=O)CN(c1ccccc1C)S(=O)(=O)c1ccc(Cl)cc1. The number of anilines is 1. The number of nitrogens with zero attached hydrogens (tertiary/aromatic N) is 2. The van der Waals surface area contributed by atoms with Crippen LogP contribution in [0.4, 0.5) is 5.69 Å². The van der Waals surface area contributed by atoms with E-state index in [1.807, 2.05) is 43.3 Å². The van der Waals surface area contributed by atoms with Crippen LogP contribution in [0.1, 0.15) is 56.6 Å². The normalized spacial score (nSPS) is 14.7. The molecule has 0 heterocycles. The van der Waals surface area contributed by atoms with Gasteiger partial charge in [-0.2, -0.15) is 0 Å². The molecule has 9 heteroatoms. The Balaban J connectivity index is 1.70. The van der Waals surface area contributed by atoms with Gasteiger partial charge in [-0.15, -0.1) is 0 Å². The van der Waals surface area contributed by atoms with Crippen LogP contribution < -0.4 is 9.62 Å². The third-order valence-corrected chi connectivity index (χ3v) is 9.62. The minimum absolute atomic E-state index is 0.0228. The summed E-state index contributed by atoms with van der Waals surface area (Å²) in [6.45, 7) is 3.40. The van der Waals surface area contributed by atoms with Crippen LogP contribution in [0.3, 0.4) is 0 Å². The highest BCUT2D eigenvalue weighted by Crippen LogP contribution is 2.28. The second-order valence-corrected chi connectivity index (χ2v) is 12.8. The number of rotatable bonds is 11. The molecule has 2 amide bonds. The molecule has 4 rings (SSSR count). The molecule has 218 valence electrons. The molecule has 41 heavy (non-hydrogen) atoms. The minimum Gasteiger partial charge on any atom is -0.352 e. The molecule has 0 spiro atoms. The van der Waals surface area contributed by atoms with Crippen LogP contribution in [-0.4, -0.2) is 43.8 Å². The summed E-state index contributed by atoms with van der Waals surface area (Å²) in [5.74, 6) is -0.660. The minimum atomic E-state index is -4.14. The standard InChI is InChI=1S/C32H38ClN3O4S/c1-3-29(32(38)34-27-15-8-5-9-16-27)35(22-25-13-6-4-7-14-25)31(37)23-36(30-17-11-10-12-24(30)2)41(39,40)28-20-18-26(33)19-21-28/h4,6-7,10-14,17-21,27,29H,3,5,8-9,15-16,22-23H2,1-2H3,(H,34,38). The van der Waals surface area contributed by atoms with Gasteiger partial charge in [0, 0.05) is 17.6 Å². The first-order valence-corrected chi connectivity index (χ1v) is 16.0. The van der Waals surface area contributed by atoms with Crippen LogP contribution in [-0.2, 0) is 26.2 Å². The number of amides is 2. The Morgan fingerprint density at radius 1 is 0.927 bits per heavy atom. The molecule has 1 fully saturated rings. The van der Waals surface area contributed by atoms with Crippen LogP contribution in [0.25, 0.3) is 0 Å². The molecule has 1 aliphatic rings. The topological polar surface area (TPSA) is 86.8 Å². The number of halogens is 1. The fraction of sp³-hybridized carbons (Fsp3) is 0.375. The van der Waals surface area contributed by atoms with Gasteiger partial charge < -0.3 is 10.2 Å². The number of nitrogens with one attached hydrogen (secondary N) is 1. The van der Waals surface area contributed by atoms with Crippen LogP contribution >= 0.6 is 11.6 Å². The zero-order valence-electron chi connectivity index (χ0n) is 23.6. The Morgan fingerprint density at radius 2 is 1.56 bits per heavy atom. The first-order valence-electron chi connectivity index (χ1n) is 14.2. The lowest BCUT2D eigenvalue weighted by atomic mass is 9.95. The number of carbonyl (C=O) groups is 2. The average molecular weight is 596 g/mol. The molecular weight excluding hydrogens is 558 g/mol. The predicted molar refractivity (Wildman–Crippen MR) is 163 cm³/mol. The van der Waals surface area contributed by atoms with E-state index in [0.717, 1.165) is 35.6 Å². The van der Waals surface area contributed by atoms with Crippen LogP contribution in [0, 0.1) is 6.92 Å². The Kier molecular flexibility index (Phi) is 10.5. The molecule has 1 saturated carbocycles. The highest BCUT2D eigenvalue weighted by atomic mass is 35.5. The molecule has 3 aromatic carbocycles. The summed E-state index contributed by atoms with van der Waals surface area (Å²) in [5.41, 5.74) is 1.96. The molecule has 0 aromatic heterocycles. The molecule has 0 aliphatic heterocycles. The number of carbonyl (C=O) groups excluding carboxylic acids is 2. The molecule has 1 aliphatic carbocycles. The monoisotopic (exact) mass is 595 g/mol. The first kappa shape index (κ1) is 30.6. The number of sulfonamides is 1. The van der Waals surface area contributed by atoms with Crippen molar-refractivity contribution in [3.8, 4) is 0 Å². The van der Waals surface area contributed by atoms with Gasteiger partial charge in [0.25, 0.3) is 10.0 Å². The number of aryl methyl sites for hydroxylation is 1. The van der Waals surface area contributed by atoms with Crippen LogP contribution in [0.15, 0.2) is 83.8 Å². The maximum absolute atomic E-state index is 14.2. The summed E-state index contributed by atoms with van der Waals surface area (Å²) in [7, 11) is -4.14. The summed E-state index contributed by atoms with van der Waals surface area (Å²) < 4.78 is 29.1. The lowest BCUT2D eigenvalue weighted by Crippen LogP contribution is -2.54. The van der Waals surface area contributed by atoms with E-state index in [1.165, 1.54) is 35.6 Å². The van der Waals surface area contributed by atoms with Crippen molar-refractivity contribution in [1.82, 2.24) is 10.2 Å². The maximum Gasteiger partial charge on any atom is 0.264 e. The van der Waals surface area contributed by atoms with Gasteiger partial charge in [-0.25, -0.2) is 8.42 Å². The molecule has 0 saturated heterocycles. The number of para-hydroxylation sites is 1. The Morgan fingerprint density at radius 3 is 2.20 bits per heavy atom. The third kappa shape index (κ3) is 7.68. The van der Waals surface area contributed by atoms with Gasteiger partial charge in [0.05, 0.1) is 10.6 Å². The summed E-state index contributed by atoms with van der Waals surface area (Å²) in [6.07, 6.45) is 5.56. The van der Waals surface area contributed by atoms with E-state index in [0.29, 0.717) is 22.7 Å². The lowest BCUT2D eigenvalue weighted by molar-refractivity contribution is -0.140. The van der Waals surface area contributed by atoms with E-state index in [1.54, 1.807) is 25.1 Å². The van der Waals surface area contributed by atoms with Gasteiger partial charge in [0.2, 0.25) is 11.8 Å². The van der Waals surface area contributed by atoms with Gasteiger partial charge in [-0.1, -0.05) is 86.3 Å². The smallest absolute Gasteiger partial charge is 0.264 e. The van der Waals surface area contributed by atoms with E-state index in [4.69, 9.17) is 11.6 Å². The zero-order chi connectivity index (χ0) is 29.4. The highest BCUT2D eigenvalue weighted by molar-refractivity contribution is 7.92. The predicted octanol–water partition coefficient (Wildman–Crippen LogP) is 6.10. The van der Waals surface area contributed by atoms with Crippen molar-refractivity contribution >= 4 is 39.1 Å². The molecular formula is C32H38ClN3O4S. The third-order valence-electron chi connectivity index (χ3n) is 7.60. The Hall–Kier alpha value is -3.36. The first-order chi connectivity index (χ1) is 19.7. The van der Waals surface area contributed by atoms with Gasteiger partial charge in [-0.3, -0.25) is 13.9 Å². The van der Waals surface area contributed by atoms with Crippen molar-refractivity contribution < 1.29 is 18.0 Å². The van der Waals surface area contributed by atoms with E-state index < -0.39 is 28.5 Å². The van der Waals surface area contributed by atoms with E-state index in [-0.39, 0.29) is 23.4 Å². The average Bonchev–Trinajstić information content (AvgIpc) is 2.97. The van der Waals surface area contributed by atoms with Crippen molar-refractivity contribution in [2.75, 3.05) is 10.8 Å². The van der Waals surface area contributed by atoms with Crippen molar-refractivity contribution in [3.05, 3.63) is 95.0 Å². The van der Waals surface area contributed by atoms with E-state index >= 15 is 0 Å². The molecule has 7 nitrogen and oxygen atoms in total. The molecule has 0 bridgehead atoms. The van der Waals surface area contributed by atoms with E-state index in [9.17, 15) is 18.0 Å². The summed E-state index contributed by atoms with van der Waals surface area (Å²) in [6, 6.07) is 21.7. The van der Waals surface area contributed by atoms with Crippen molar-refractivity contribution in [2.24, 2.45) is 0 Å². The van der Waals surface area contributed by atoms with Gasteiger partial charge in [0.1, 0.15) is 12.6 Å². The molecule has 3 aromatic rings. The van der Waals surface area contributed by atoms with Crippen LogP contribution in [0.2, 0.25) is 5.02 Å². The molecule has 1 N–H and O–H groups in total. The lowest BCUT2D eigenvalue weighted by Gasteiger charge is -2.34. The summed E-state index contributed by atoms with van der Waals surface area (Å²) >= 11 is 6.03. The summed E-state index contributed by atoms with van der Waals surface area (Å²) in [4.78, 5) is 29.3. The van der Waals surface area contributed by atoms with Gasteiger partial charge >= 0.3 is 0 Å². The van der Waals surface area contributed by atoms with Gasteiger partial charge in [-0.05, 0) is 67.6 Å². The quantitative estimate of drug-likeness (QED) is 0.290. The van der Waals surface area contributed by atoms with E-state index in [2.05, 4.69) is 5.32 Å². The number of hydrogen-bond donors (Lipinski definition) is 1. The number of benzene rings is 3. The van der Waals surface area contributed by atoms with Crippen molar-refractivity contribution in [2.45, 2.75) is 75.9 Å². The zero-order valence-corrected chi connectivity index (χ0v) is 25.2.